The molecular formula is C32H36ClN5O. The van der Waals surface area contributed by atoms with Crippen LogP contribution in [0.25, 0.3) is 10.9 Å². The monoisotopic (exact) mass is 541 g/mol. The fourth-order valence-electron chi connectivity index (χ4n) is 5.21. The van der Waals surface area contributed by atoms with Gasteiger partial charge in [0.15, 0.2) is 0 Å². The van der Waals surface area contributed by atoms with Crippen LogP contribution < -0.4 is 10.2 Å². The molecule has 1 aromatic heterocycles. The van der Waals surface area contributed by atoms with E-state index < -0.39 is 0 Å². The summed E-state index contributed by atoms with van der Waals surface area (Å²) in [5, 5.41) is 5.32. The second kappa shape index (κ2) is 13.6. The highest BCUT2D eigenvalue weighted by Gasteiger charge is 2.21. The summed E-state index contributed by atoms with van der Waals surface area (Å²) in [6.45, 7) is 6.18. The van der Waals surface area contributed by atoms with Gasteiger partial charge in [0, 0.05) is 59.8 Å². The number of anilines is 3. The molecule has 5 rings (SSSR count). The van der Waals surface area contributed by atoms with E-state index in [1.54, 1.807) is 0 Å². The van der Waals surface area contributed by atoms with Crippen LogP contribution in [0.5, 0.6) is 0 Å². The van der Waals surface area contributed by atoms with Crippen LogP contribution in [-0.4, -0.2) is 66.5 Å². The molecule has 1 N–H and O–H groups in total. The topological polar surface area (TPSA) is 51.7 Å². The molecule has 3 aromatic carbocycles. The average Bonchev–Trinajstić information content (AvgIpc) is 3.49. The SMILES string of the molecule is O=C(CN(CCCNc1ccnc2cc(Cl)ccc12)CCN1CCCC1)N(c1ccccc1)c1ccccc1. The van der Waals surface area contributed by atoms with Crippen molar-refractivity contribution >= 4 is 45.5 Å². The van der Waals surface area contributed by atoms with E-state index in [1.807, 2.05) is 96.0 Å². The Morgan fingerprint density at radius 3 is 2.28 bits per heavy atom. The van der Waals surface area contributed by atoms with E-state index in [-0.39, 0.29) is 5.91 Å². The van der Waals surface area contributed by atoms with Gasteiger partial charge < -0.3 is 10.2 Å². The first-order valence-corrected chi connectivity index (χ1v) is 14.2. The van der Waals surface area contributed by atoms with E-state index in [0.717, 1.165) is 73.7 Å². The first-order valence-electron chi connectivity index (χ1n) is 13.8. The van der Waals surface area contributed by atoms with Gasteiger partial charge in [0.1, 0.15) is 0 Å². The minimum absolute atomic E-state index is 0.0822. The van der Waals surface area contributed by atoms with Gasteiger partial charge in [0.2, 0.25) is 5.91 Å². The number of benzene rings is 3. The molecule has 202 valence electrons. The number of nitrogens with zero attached hydrogens (tertiary/aromatic N) is 4. The predicted molar refractivity (Wildman–Crippen MR) is 162 cm³/mol. The summed E-state index contributed by atoms with van der Waals surface area (Å²) in [4.78, 5) is 24.9. The van der Waals surface area contributed by atoms with Crippen molar-refractivity contribution in [2.45, 2.75) is 19.3 Å². The smallest absolute Gasteiger partial charge is 0.245 e. The Labute approximate surface area is 236 Å². The molecule has 0 aliphatic carbocycles. The van der Waals surface area contributed by atoms with E-state index >= 15 is 0 Å². The number of fused-ring (bicyclic) bond motifs is 1. The molecule has 1 aliphatic rings. The lowest BCUT2D eigenvalue weighted by Crippen LogP contribution is -2.42. The molecule has 0 unspecified atom stereocenters. The van der Waals surface area contributed by atoms with Gasteiger partial charge in [0.05, 0.1) is 12.1 Å². The predicted octanol–water partition coefficient (Wildman–Crippen LogP) is 6.45. The van der Waals surface area contributed by atoms with Crippen molar-refractivity contribution in [1.29, 1.82) is 0 Å². The van der Waals surface area contributed by atoms with Gasteiger partial charge in [-0.25, -0.2) is 0 Å². The molecule has 7 heteroatoms. The molecule has 39 heavy (non-hydrogen) atoms. The number of aromatic nitrogens is 1. The molecule has 1 saturated heterocycles. The van der Waals surface area contributed by atoms with Crippen molar-refractivity contribution < 1.29 is 4.79 Å². The summed E-state index contributed by atoms with van der Waals surface area (Å²) < 4.78 is 0. The van der Waals surface area contributed by atoms with Gasteiger partial charge >= 0.3 is 0 Å². The highest BCUT2D eigenvalue weighted by atomic mass is 35.5. The van der Waals surface area contributed by atoms with Crippen LogP contribution in [0.4, 0.5) is 17.1 Å². The number of likely N-dealkylation sites (tertiary alicyclic amines) is 1. The largest absolute Gasteiger partial charge is 0.384 e. The molecule has 1 fully saturated rings. The zero-order chi connectivity index (χ0) is 26.9. The van der Waals surface area contributed by atoms with Gasteiger partial charge in [-0.2, -0.15) is 0 Å². The third-order valence-corrected chi connectivity index (χ3v) is 7.47. The summed E-state index contributed by atoms with van der Waals surface area (Å²) in [6, 6.07) is 27.7. The maximum Gasteiger partial charge on any atom is 0.245 e. The molecule has 1 amide bonds. The standard InChI is InChI=1S/C32H36ClN5O/c33-26-14-15-29-30(16-18-35-31(29)24-26)34-17-9-21-37(23-22-36-19-7-8-20-36)25-32(39)38(27-10-3-1-4-11-27)28-12-5-2-6-13-28/h1-6,10-16,18,24H,7-9,17,19-23,25H2,(H,34,35). The first kappa shape index (κ1) is 27.1. The van der Waals surface area contributed by atoms with Crippen LogP contribution in [0.3, 0.4) is 0 Å². The molecule has 4 aromatic rings. The molecule has 6 nitrogen and oxygen atoms in total. The Hall–Kier alpha value is -3.45. The molecule has 2 heterocycles. The van der Waals surface area contributed by atoms with Crippen LogP contribution in [0.1, 0.15) is 19.3 Å². The highest BCUT2D eigenvalue weighted by molar-refractivity contribution is 6.31. The normalized spacial score (nSPS) is 13.7. The minimum atomic E-state index is 0.0822. The zero-order valence-electron chi connectivity index (χ0n) is 22.3. The van der Waals surface area contributed by atoms with Gasteiger partial charge in [0.25, 0.3) is 0 Å². The summed E-state index contributed by atoms with van der Waals surface area (Å²) in [5.74, 6) is 0.0822. The number of pyridine rings is 1. The highest BCUT2D eigenvalue weighted by Crippen LogP contribution is 2.26. The first-order chi connectivity index (χ1) is 19.2. The lowest BCUT2D eigenvalue weighted by Gasteiger charge is -2.29. The van der Waals surface area contributed by atoms with E-state index in [1.165, 1.54) is 12.8 Å². The quantitative estimate of drug-likeness (QED) is 0.209. The number of carbonyl (C=O) groups is 1. The Bertz CT molecular complexity index is 1310. The maximum absolute atomic E-state index is 13.8. The number of rotatable bonds is 12. The second-order valence-electron chi connectivity index (χ2n) is 10.0. The van der Waals surface area contributed by atoms with E-state index in [2.05, 4.69) is 20.1 Å². The van der Waals surface area contributed by atoms with Crippen molar-refractivity contribution in [2.75, 3.05) is 56.0 Å². The van der Waals surface area contributed by atoms with E-state index in [9.17, 15) is 4.79 Å². The Kier molecular flexibility index (Phi) is 9.43. The number of hydrogen-bond donors (Lipinski definition) is 1. The zero-order valence-corrected chi connectivity index (χ0v) is 23.1. The van der Waals surface area contributed by atoms with Crippen molar-refractivity contribution in [1.82, 2.24) is 14.8 Å². The molecular weight excluding hydrogens is 506 g/mol. The third kappa shape index (κ3) is 7.35. The second-order valence-corrected chi connectivity index (χ2v) is 10.5. The van der Waals surface area contributed by atoms with E-state index in [4.69, 9.17) is 11.6 Å². The van der Waals surface area contributed by atoms with Crippen LogP contribution in [0.2, 0.25) is 5.02 Å². The van der Waals surface area contributed by atoms with Crippen LogP contribution in [-0.2, 0) is 4.79 Å². The lowest BCUT2D eigenvalue weighted by molar-refractivity contribution is -0.119. The molecule has 0 radical (unpaired) electrons. The molecule has 0 spiro atoms. The summed E-state index contributed by atoms with van der Waals surface area (Å²) in [7, 11) is 0. The van der Waals surface area contributed by atoms with Gasteiger partial charge in [-0.1, -0.05) is 48.0 Å². The van der Waals surface area contributed by atoms with Crippen molar-refractivity contribution in [3.63, 3.8) is 0 Å². The average molecular weight is 542 g/mol. The molecule has 0 bridgehead atoms. The number of hydrogen-bond acceptors (Lipinski definition) is 5. The van der Waals surface area contributed by atoms with Crippen molar-refractivity contribution in [2.24, 2.45) is 0 Å². The fraction of sp³-hybridized carbons (Fsp3) is 0.312. The van der Waals surface area contributed by atoms with Crippen molar-refractivity contribution in [3.05, 3.63) is 96.1 Å². The third-order valence-electron chi connectivity index (χ3n) is 7.24. The molecule has 0 atom stereocenters. The maximum atomic E-state index is 13.8. The van der Waals surface area contributed by atoms with E-state index in [0.29, 0.717) is 11.6 Å². The number of para-hydroxylation sites is 2. The van der Waals surface area contributed by atoms with Gasteiger partial charge in [-0.05, 0) is 80.9 Å². The Balaban J connectivity index is 1.25. The number of nitrogens with one attached hydrogen (secondary N) is 1. The van der Waals surface area contributed by atoms with Gasteiger partial charge in [-0.15, -0.1) is 0 Å². The lowest BCUT2D eigenvalue weighted by atomic mass is 10.2. The molecule has 1 aliphatic heterocycles. The fourth-order valence-corrected chi connectivity index (χ4v) is 5.38. The Morgan fingerprint density at radius 1 is 0.897 bits per heavy atom. The number of amides is 1. The summed E-state index contributed by atoms with van der Waals surface area (Å²) >= 11 is 6.15. The summed E-state index contributed by atoms with van der Waals surface area (Å²) in [5.41, 5.74) is 3.71. The van der Waals surface area contributed by atoms with Gasteiger partial charge in [-0.3, -0.25) is 19.6 Å². The summed E-state index contributed by atoms with van der Waals surface area (Å²) in [6.07, 6.45) is 5.26. The van der Waals surface area contributed by atoms with Crippen molar-refractivity contribution in [3.8, 4) is 0 Å². The van der Waals surface area contributed by atoms with Crippen LogP contribution >= 0.6 is 11.6 Å². The Morgan fingerprint density at radius 2 is 1.59 bits per heavy atom. The molecule has 0 saturated carbocycles. The number of carbonyl (C=O) groups excluding carboxylic acids is 1. The number of halogens is 1. The van der Waals surface area contributed by atoms with Crippen LogP contribution in [0, 0.1) is 0 Å². The van der Waals surface area contributed by atoms with Crippen LogP contribution in [0.15, 0.2) is 91.1 Å². The minimum Gasteiger partial charge on any atom is -0.384 e.